The Morgan fingerprint density at radius 2 is 2.00 bits per heavy atom. The van der Waals surface area contributed by atoms with Gasteiger partial charge in [-0.1, -0.05) is 6.07 Å². The van der Waals surface area contributed by atoms with Crippen LogP contribution in [0.2, 0.25) is 0 Å². The maximum atomic E-state index is 12.7. The van der Waals surface area contributed by atoms with Crippen molar-refractivity contribution in [2.45, 2.75) is 13.5 Å². The molecule has 2 aromatic rings. The van der Waals surface area contributed by atoms with Gasteiger partial charge in [-0.15, -0.1) is 11.3 Å². The summed E-state index contributed by atoms with van der Waals surface area (Å²) in [5.41, 5.74) is 2.96. The molecule has 1 aromatic carbocycles. The minimum absolute atomic E-state index is 0.128. The Kier molecular flexibility index (Phi) is 5.16. The number of rotatable bonds is 4. The lowest BCUT2D eigenvalue weighted by Crippen LogP contribution is -2.48. The first kappa shape index (κ1) is 16.9. The van der Waals surface area contributed by atoms with Crippen molar-refractivity contribution >= 4 is 22.9 Å². The lowest BCUT2D eigenvalue weighted by molar-refractivity contribution is 0.0627. The number of aryl methyl sites for hydroxylation is 1. The summed E-state index contributed by atoms with van der Waals surface area (Å²) in [5.74, 6) is 0.128. The van der Waals surface area contributed by atoms with E-state index in [4.69, 9.17) is 0 Å². The van der Waals surface area contributed by atoms with Gasteiger partial charge in [0.25, 0.3) is 5.91 Å². The highest BCUT2D eigenvalue weighted by Gasteiger charge is 2.22. The molecule has 1 aromatic heterocycles. The number of aromatic nitrogens is 1. The molecule has 1 amide bonds. The smallest absolute Gasteiger partial charge is 0.254 e. The Bertz CT molecular complexity index is 705. The highest BCUT2D eigenvalue weighted by Crippen LogP contribution is 2.17. The zero-order chi connectivity index (χ0) is 17.1. The lowest BCUT2D eigenvalue weighted by Gasteiger charge is -2.34. The second-order valence-corrected chi connectivity index (χ2v) is 7.43. The van der Waals surface area contributed by atoms with Crippen molar-refractivity contribution in [1.29, 1.82) is 0 Å². The predicted molar refractivity (Wildman–Crippen MR) is 98.8 cm³/mol. The van der Waals surface area contributed by atoms with Crippen molar-refractivity contribution in [3.05, 3.63) is 45.9 Å². The summed E-state index contributed by atoms with van der Waals surface area (Å²) in [7, 11) is 3.98. The molecular weight excluding hydrogens is 320 g/mol. The summed E-state index contributed by atoms with van der Waals surface area (Å²) in [6.07, 6.45) is 0. The van der Waals surface area contributed by atoms with E-state index >= 15 is 0 Å². The Morgan fingerprint density at radius 3 is 2.62 bits per heavy atom. The summed E-state index contributed by atoms with van der Waals surface area (Å²) < 4.78 is 0. The maximum Gasteiger partial charge on any atom is 0.254 e. The van der Waals surface area contributed by atoms with Gasteiger partial charge in [-0.05, 0) is 25.1 Å². The Balaban J connectivity index is 1.58. The number of thiazole rings is 1. The SMILES string of the molecule is Cc1nc(CN2CCN(C(=O)c3cccc(N(C)C)c3)CC2)cs1. The van der Waals surface area contributed by atoms with Crippen LogP contribution in [0.5, 0.6) is 0 Å². The van der Waals surface area contributed by atoms with Crippen LogP contribution in [0.1, 0.15) is 21.1 Å². The molecule has 0 radical (unpaired) electrons. The zero-order valence-electron chi connectivity index (χ0n) is 14.5. The van der Waals surface area contributed by atoms with Crippen LogP contribution in [0.4, 0.5) is 5.69 Å². The molecule has 24 heavy (non-hydrogen) atoms. The van der Waals surface area contributed by atoms with Crippen LogP contribution >= 0.6 is 11.3 Å². The molecule has 1 aliphatic rings. The van der Waals surface area contributed by atoms with Crippen molar-refractivity contribution in [3.63, 3.8) is 0 Å². The molecule has 0 spiro atoms. The quantitative estimate of drug-likeness (QED) is 0.854. The summed E-state index contributed by atoms with van der Waals surface area (Å²) in [6, 6.07) is 7.83. The number of carbonyl (C=O) groups excluding carboxylic acids is 1. The van der Waals surface area contributed by atoms with Crippen LogP contribution in [0.25, 0.3) is 0 Å². The summed E-state index contributed by atoms with van der Waals surface area (Å²) in [5, 5.41) is 3.24. The monoisotopic (exact) mass is 344 g/mol. The third kappa shape index (κ3) is 3.94. The lowest BCUT2D eigenvalue weighted by atomic mass is 10.1. The number of amides is 1. The topological polar surface area (TPSA) is 39.7 Å². The molecule has 0 aliphatic carbocycles. The van der Waals surface area contributed by atoms with E-state index in [2.05, 4.69) is 15.3 Å². The number of hydrogen-bond acceptors (Lipinski definition) is 5. The van der Waals surface area contributed by atoms with Crippen LogP contribution < -0.4 is 4.90 Å². The molecule has 0 bridgehead atoms. The van der Waals surface area contributed by atoms with Gasteiger partial charge in [0.1, 0.15) is 0 Å². The second kappa shape index (κ2) is 7.32. The van der Waals surface area contributed by atoms with E-state index in [9.17, 15) is 4.79 Å². The van der Waals surface area contributed by atoms with Crippen LogP contribution in [0.15, 0.2) is 29.6 Å². The van der Waals surface area contributed by atoms with E-state index in [1.807, 2.05) is 55.1 Å². The zero-order valence-corrected chi connectivity index (χ0v) is 15.3. The minimum Gasteiger partial charge on any atom is -0.378 e. The van der Waals surface area contributed by atoms with Crippen LogP contribution in [0.3, 0.4) is 0 Å². The van der Waals surface area contributed by atoms with Gasteiger partial charge < -0.3 is 9.80 Å². The van der Waals surface area contributed by atoms with E-state index in [0.717, 1.165) is 54.7 Å². The molecule has 1 aliphatic heterocycles. The van der Waals surface area contributed by atoms with E-state index in [0.29, 0.717) is 0 Å². The maximum absolute atomic E-state index is 12.7. The molecule has 2 heterocycles. The molecule has 1 saturated heterocycles. The van der Waals surface area contributed by atoms with Crippen molar-refractivity contribution in [2.75, 3.05) is 45.2 Å². The van der Waals surface area contributed by atoms with Crippen LogP contribution in [-0.2, 0) is 6.54 Å². The van der Waals surface area contributed by atoms with Crippen LogP contribution in [0, 0.1) is 6.92 Å². The van der Waals surface area contributed by atoms with E-state index in [1.54, 1.807) is 11.3 Å². The Morgan fingerprint density at radius 1 is 1.25 bits per heavy atom. The van der Waals surface area contributed by atoms with Crippen LogP contribution in [-0.4, -0.2) is 61.0 Å². The molecule has 128 valence electrons. The van der Waals surface area contributed by atoms with Crippen molar-refractivity contribution in [2.24, 2.45) is 0 Å². The van der Waals surface area contributed by atoms with Crippen molar-refractivity contribution in [1.82, 2.24) is 14.8 Å². The van der Waals surface area contributed by atoms with E-state index in [-0.39, 0.29) is 5.91 Å². The molecule has 3 rings (SSSR count). The predicted octanol–water partition coefficient (Wildman–Crippen LogP) is 2.48. The van der Waals surface area contributed by atoms with Gasteiger partial charge in [-0.2, -0.15) is 0 Å². The first-order chi connectivity index (χ1) is 11.5. The first-order valence-electron chi connectivity index (χ1n) is 8.23. The highest BCUT2D eigenvalue weighted by molar-refractivity contribution is 7.09. The minimum atomic E-state index is 0.128. The van der Waals surface area contributed by atoms with Gasteiger partial charge in [-0.25, -0.2) is 4.98 Å². The fourth-order valence-corrected chi connectivity index (χ4v) is 3.52. The molecular formula is C18H24N4OS. The van der Waals surface area contributed by atoms with Gasteiger partial charge in [-0.3, -0.25) is 9.69 Å². The molecule has 1 fully saturated rings. The molecule has 0 atom stereocenters. The van der Waals surface area contributed by atoms with Crippen molar-refractivity contribution in [3.8, 4) is 0 Å². The van der Waals surface area contributed by atoms with Gasteiger partial charge >= 0.3 is 0 Å². The summed E-state index contributed by atoms with van der Waals surface area (Å²) >= 11 is 1.69. The molecule has 5 nitrogen and oxygen atoms in total. The average molecular weight is 344 g/mol. The Hall–Kier alpha value is -1.92. The van der Waals surface area contributed by atoms with Crippen molar-refractivity contribution < 1.29 is 4.79 Å². The third-order valence-corrected chi connectivity index (χ3v) is 5.14. The summed E-state index contributed by atoms with van der Waals surface area (Å²) in [6.45, 7) is 6.25. The third-order valence-electron chi connectivity index (χ3n) is 4.32. The Labute approximate surface area is 147 Å². The number of carbonyl (C=O) groups is 1. The largest absolute Gasteiger partial charge is 0.378 e. The van der Waals surface area contributed by atoms with E-state index < -0.39 is 0 Å². The highest BCUT2D eigenvalue weighted by atomic mass is 32.1. The first-order valence-corrected chi connectivity index (χ1v) is 9.11. The molecule has 0 N–H and O–H groups in total. The average Bonchev–Trinajstić information content (AvgIpc) is 3.00. The normalized spacial score (nSPS) is 15.5. The second-order valence-electron chi connectivity index (χ2n) is 6.37. The van der Waals surface area contributed by atoms with Gasteiger partial charge in [0.05, 0.1) is 10.7 Å². The van der Waals surface area contributed by atoms with Gasteiger partial charge in [0, 0.05) is 63.5 Å². The fourth-order valence-electron chi connectivity index (χ4n) is 2.92. The number of benzene rings is 1. The van der Waals surface area contributed by atoms with Gasteiger partial charge in [0.15, 0.2) is 0 Å². The molecule has 6 heteroatoms. The number of nitrogens with zero attached hydrogens (tertiary/aromatic N) is 4. The molecule has 0 unspecified atom stereocenters. The standard InChI is InChI=1S/C18H24N4OS/c1-14-19-16(13-24-14)12-21-7-9-22(10-8-21)18(23)15-5-4-6-17(11-15)20(2)3/h4-6,11,13H,7-10,12H2,1-3H3. The number of piperazine rings is 1. The number of hydrogen-bond donors (Lipinski definition) is 0. The van der Waals surface area contributed by atoms with E-state index in [1.165, 1.54) is 0 Å². The summed E-state index contributed by atoms with van der Waals surface area (Å²) in [4.78, 5) is 23.6. The van der Waals surface area contributed by atoms with Gasteiger partial charge in [0.2, 0.25) is 0 Å². The fraction of sp³-hybridized carbons (Fsp3) is 0.444. The molecule has 0 saturated carbocycles. The number of anilines is 1.